The molecule has 1 atom stereocenters. The summed E-state index contributed by atoms with van der Waals surface area (Å²) in [5.74, 6) is 0.455. The van der Waals surface area contributed by atoms with Gasteiger partial charge in [-0.05, 0) is 19.3 Å². The summed E-state index contributed by atoms with van der Waals surface area (Å²) in [6.07, 6.45) is 2.01. The SMILES string of the molecule is CCC1(C(=O)O)CCCN(C(=O)CSCCOC)C1. The van der Waals surface area contributed by atoms with Gasteiger partial charge in [-0.2, -0.15) is 0 Å². The molecule has 0 bridgehead atoms. The van der Waals surface area contributed by atoms with Crippen LogP contribution in [0.4, 0.5) is 0 Å². The number of methoxy groups -OCH3 is 1. The minimum atomic E-state index is -0.778. The van der Waals surface area contributed by atoms with Crippen LogP contribution in [0.2, 0.25) is 0 Å². The molecular formula is C13H23NO4S. The molecule has 1 amide bonds. The topological polar surface area (TPSA) is 66.8 Å². The summed E-state index contributed by atoms with van der Waals surface area (Å²) in [5.41, 5.74) is -0.745. The molecule has 0 aromatic carbocycles. The third-order valence-electron chi connectivity index (χ3n) is 3.72. The summed E-state index contributed by atoms with van der Waals surface area (Å²) in [7, 11) is 1.63. The van der Waals surface area contributed by atoms with Crippen molar-refractivity contribution in [2.24, 2.45) is 5.41 Å². The van der Waals surface area contributed by atoms with Crippen LogP contribution in [0.15, 0.2) is 0 Å². The highest BCUT2D eigenvalue weighted by Gasteiger charge is 2.41. The minimum Gasteiger partial charge on any atom is -0.481 e. The number of carbonyl (C=O) groups excluding carboxylic acids is 1. The number of carboxylic acids is 1. The van der Waals surface area contributed by atoms with Crippen molar-refractivity contribution in [3.8, 4) is 0 Å². The first-order valence-corrected chi connectivity index (χ1v) is 7.79. The van der Waals surface area contributed by atoms with E-state index in [9.17, 15) is 14.7 Å². The predicted octanol–water partition coefficient (Wildman–Crippen LogP) is 1.47. The zero-order chi connectivity index (χ0) is 14.3. The molecule has 0 radical (unpaired) electrons. The molecule has 1 unspecified atom stereocenters. The maximum atomic E-state index is 12.1. The summed E-state index contributed by atoms with van der Waals surface area (Å²) in [4.78, 5) is 25.2. The van der Waals surface area contributed by atoms with E-state index < -0.39 is 11.4 Å². The molecule has 1 rings (SSSR count). The van der Waals surface area contributed by atoms with Gasteiger partial charge in [-0.1, -0.05) is 6.92 Å². The van der Waals surface area contributed by atoms with Gasteiger partial charge < -0.3 is 14.7 Å². The lowest BCUT2D eigenvalue weighted by Gasteiger charge is -2.39. The van der Waals surface area contributed by atoms with Crippen molar-refractivity contribution in [1.29, 1.82) is 0 Å². The molecule has 1 fully saturated rings. The van der Waals surface area contributed by atoms with E-state index in [0.717, 1.165) is 12.2 Å². The smallest absolute Gasteiger partial charge is 0.311 e. The molecular weight excluding hydrogens is 266 g/mol. The molecule has 1 N–H and O–H groups in total. The van der Waals surface area contributed by atoms with Crippen molar-refractivity contribution in [2.75, 3.05) is 38.3 Å². The Labute approximate surface area is 118 Å². The number of thioether (sulfide) groups is 1. The fourth-order valence-corrected chi connectivity index (χ4v) is 3.14. The summed E-state index contributed by atoms with van der Waals surface area (Å²) < 4.78 is 4.93. The van der Waals surface area contributed by atoms with Gasteiger partial charge in [0.1, 0.15) is 0 Å². The normalized spacial score (nSPS) is 23.4. The molecule has 1 saturated heterocycles. The second kappa shape index (κ2) is 7.75. The van der Waals surface area contributed by atoms with E-state index in [1.165, 1.54) is 11.8 Å². The zero-order valence-electron chi connectivity index (χ0n) is 11.7. The van der Waals surface area contributed by atoms with E-state index in [0.29, 0.717) is 38.3 Å². The second-order valence-corrected chi connectivity index (χ2v) is 6.01. The maximum Gasteiger partial charge on any atom is 0.311 e. The molecule has 0 aromatic rings. The molecule has 5 nitrogen and oxygen atoms in total. The van der Waals surface area contributed by atoms with Crippen LogP contribution in [-0.2, 0) is 14.3 Å². The Morgan fingerprint density at radius 2 is 2.21 bits per heavy atom. The molecule has 6 heteroatoms. The van der Waals surface area contributed by atoms with Gasteiger partial charge in [-0.25, -0.2) is 0 Å². The standard InChI is InChI=1S/C13H23NO4S/c1-3-13(12(16)17)5-4-6-14(10-13)11(15)9-19-8-7-18-2/h3-10H2,1-2H3,(H,16,17). The second-order valence-electron chi connectivity index (χ2n) is 4.90. The fourth-order valence-electron chi connectivity index (χ4n) is 2.35. The van der Waals surface area contributed by atoms with E-state index in [2.05, 4.69) is 0 Å². The molecule has 0 spiro atoms. The summed E-state index contributed by atoms with van der Waals surface area (Å²) in [6.45, 7) is 3.54. The lowest BCUT2D eigenvalue weighted by atomic mass is 9.77. The lowest BCUT2D eigenvalue weighted by Crippen LogP contribution is -2.50. The number of carbonyl (C=O) groups is 2. The van der Waals surface area contributed by atoms with Crippen LogP contribution < -0.4 is 0 Å². The largest absolute Gasteiger partial charge is 0.481 e. The minimum absolute atomic E-state index is 0.0416. The molecule has 0 saturated carbocycles. The molecule has 19 heavy (non-hydrogen) atoms. The summed E-state index contributed by atoms with van der Waals surface area (Å²) in [5, 5.41) is 9.37. The average molecular weight is 289 g/mol. The van der Waals surface area contributed by atoms with Crippen molar-refractivity contribution < 1.29 is 19.4 Å². The molecule has 1 aliphatic heterocycles. The number of hydrogen-bond donors (Lipinski definition) is 1. The van der Waals surface area contributed by atoms with Gasteiger partial charge in [0.2, 0.25) is 5.91 Å². The number of aliphatic carboxylic acids is 1. The number of hydrogen-bond acceptors (Lipinski definition) is 4. The Balaban J connectivity index is 2.49. The molecule has 0 aliphatic carbocycles. The van der Waals surface area contributed by atoms with Crippen molar-refractivity contribution in [3.63, 3.8) is 0 Å². The molecule has 1 aliphatic rings. The van der Waals surface area contributed by atoms with Gasteiger partial charge in [-0.15, -0.1) is 11.8 Å². The van der Waals surface area contributed by atoms with E-state index in [1.807, 2.05) is 6.92 Å². The number of amides is 1. The first-order chi connectivity index (χ1) is 9.05. The summed E-state index contributed by atoms with van der Waals surface area (Å²) in [6, 6.07) is 0. The molecule has 1 heterocycles. The van der Waals surface area contributed by atoms with Crippen LogP contribution in [-0.4, -0.2) is 60.2 Å². The van der Waals surface area contributed by atoms with Crippen LogP contribution in [0.25, 0.3) is 0 Å². The van der Waals surface area contributed by atoms with E-state index in [-0.39, 0.29) is 5.91 Å². The number of likely N-dealkylation sites (tertiary alicyclic amines) is 1. The van der Waals surface area contributed by atoms with Crippen molar-refractivity contribution in [2.45, 2.75) is 26.2 Å². The van der Waals surface area contributed by atoms with Crippen molar-refractivity contribution in [1.82, 2.24) is 4.90 Å². The highest BCUT2D eigenvalue weighted by atomic mass is 32.2. The van der Waals surface area contributed by atoms with Gasteiger partial charge in [-0.3, -0.25) is 9.59 Å². The zero-order valence-corrected chi connectivity index (χ0v) is 12.5. The van der Waals surface area contributed by atoms with E-state index >= 15 is 0 Å². The van der Waals surface area contributed by atoms with Crippen LogP contribution in [0, 0.1) is 5.41 Å². The first kappa shape index (κ1) is 16.3. The number of rotatable bonds is 7. The van der Waals surface area contributed by atoms with Crippen LogP contribution in [0.3, 0.4) is 0 Å². The fraction of sp³-hybridized carbons (Fsp3) is 0.846. The Bertz CT molecular complexity index is 324. The van der Waals surface area contributed by atoms with Crippen LogP contribution in [0.1, 0.15) is 26.2 Å². The lowest BCUT2D eigenvalue weighted by molar-refractivity contribution is -0.154. The Kier molecular flexibility index (Phi) is 6.65. The van der Waals surface area contributed by atoms with Gasteiger partial charge in [0.25, 0.3) is 0 Å². The van der Waals surface area contributed by atoms with Gasteiger partial charge in [0, 0.05) is 26.0 Å². The number of piperidine rings is 1. The Hall–Kier alpha value is -0.750. The molecule has 0 aromatic heterocycles. The average Bonchev–Trinajstić information content (AvgIpc) is 2.43. The molecule has 110 valence electrons. The van der Waals surface area contributed by atoms with Crippen LogP contribution in [0.5, 0.6) is 0 Å². The monoisotopic (exact) mass is 289 g/mol. The van der Waals surface area contributed by atoms with Gasteiger partial charge in [0.15, 0.2) is 0 Å². The first-order valence-electron chi connectivity index (χ1n) is 6.63. The van der Waals surface area contributed by atoms with Crippen LogP contribution >= 0.6 is 11.8 Å². The van der Waals surface area contributed by atoms with E-state index in [1.54, 1.807) is 12.0 Å². The highest BCUT2D eigenvalue weighted by molar-refractivity contribution is 7.99. The highest BCUT2D eigenvalue weighted by Crippen LogP contribution is 2.33. The predicted molar refractivity (Wildman–Crippen MR) is 75.4 cm³/mol. The Morgan fingerprint density at radius 3 is 2.79 bits per heavy atom. The Morgan fingerprint density at radius 1 is 1.47 bits per heavy atom. The van der Waals surface area contributed by atoms with E-state index in [4.69, 9.17) is 4.74 Å². The van der Waals surface area contributed by atoms with Gasteiger partial charge >= 0.3 is 5.97 Å². The number of carboxylic acid groups (broad SMARTS) is 1. The van der Waals surface area contributed by atoms with Crippen molar-refractivity contribution in [3.05, 3.63) is 0 Å². The third kappa shape index (κ3) is 4.38. The van der Waals surface area contributed by atoms with Crippen molar-refractivity contribution >= 4 is 23.6 Å². The third-order valence-corrected chi connectivity index (χ3v) is 4.62. The van der Waals surface area contributed by atoms with Gasteiger partial charge in [0.05, 0.1) is 17.8 Å². The maximum absolute atomic E-state index is 12.1. The quantitative estimate of drug-likeness (QED) is 0.719. The number of ether oxygens (including phenoxy) is 1. The summed E-state index contributed by atoms with van der Waals surface area (Å²) >= 11 is 1.53. The number of nitrogens with zero attached hydrogens (tertiary/aromatic N) is 1.